The SMILES string of the molecule is CC.CC.COc1ccc(CN(C)c2c(C)cc(Br)cc2C2(C=O)CCC2)cc1. The number of methoxy groups -OCH3 is 1. The third kappa shape index (κ3) is 5.85. The van der Waals surface area contributed by atoms with E-state index < -0.39 is 0 Å². The molecule has 3 rings (SSSR count). The number of rotatable bonds is 6. The average molecular weight is 462 g/mol. The first-order chi connectivity index (χ1) is 14.0. The van der Waals surface area contributed by atoms with Crippen molar-refractivity contribution in [2.75, 3.05) is 19.1 Å². The second-order valence-electron chi connectivity index (χ2n) is 6.95. The number of carbonyl (C=O) groups is 1. The van der Waals surface area contributed by atoms with Crippen LogP contribution >= 0.6 is 15.9 Å². The first-order valence-electron chi connectivity index (χ1n) is 10.6. The third-order valence-corrected chi connectivity index (χ3v) is 5.69. The summed E-state index contributed by atoms with van der Waals surface area (Å²) in [4.78, 5) is 14.1. The summed E-state index contributed by atoms with van der Waals surface area (Å²) in [6, 6.07) is 12.4. The Bertz CT molecular complexity index is 767. The molecular formula is C25H36BrNO2. The predicted octanol–water partition coefficient (Wildman–Crippen LogP) is 7.08. The van der Waals surface area contributed by atoms with Crippen LogP contribution in [-0.2, 0) is 16.8 Å². The number of nitrogens with zero attached hydrogens (tertiary/aromatic N) is 1. The standard InChI is InChI=1S/C21H24BrNO2.2C2H6/c1-15-11-17(22)12-19(21(14-24)9-4-10-21)20(15)23(2)13-16-5-7-18(25-3)8-6-16;2*1-2/h5-8,11-12,14H,4,9-10,13H2,1-3H3;2*1-2H3. The number of ether oxygens (including phenoxy) is 1. The normalized spacial score (nSPS) is 13.7. The lowest BCUT2D eigenvalue weighted by Gasteiger charge is -2.40. The highest BCUT2D eigenvalue weighted by atomic mass is 79.9. The second kappa shape index (κ2) is 12.0. The maximum atomic E-state index is 11.9. The van der Waals surface area contributed by atoms with Gasteiger partial charge in [-0.05, 0) is 60.7 Å². The van der Waals surface area contributed by atoms with Gasteiger partial charge in [0.2, 0.25) is 0 Å². The zero-order valence-corrected chi connectivity index (χ0v) is 20.6. The molecule has 1 aliphatic rings. The Balaban J connectivity index is 0.000000989. The topological polar surface area (TPSA) is 29.5 Å². The van der Waals surface area contributed by atoms with Crippen LogP contribution in [0.25, 0.3) is 0 Å². The van der Waals surface area contributed by atoms with Crippen LogP contribution in [0.4, 0.5) is 5.69 Å². The van der Waals surface area contributed by atoms with Gasteiger partial charge in [0.15, 0.2) is 0 Å². The second-order valence-corrected chi connectivity index (χ2v) is 7.87. The van der Waals surface area contributed by atoms with E-state index in [4.69, 9.17) is 4.74 Å². The lowest BCUT2D eigenvalue weighted by atomic mass is 9.64. The van der Waals surface area contributed by atoms with Crippen LogP contribution < -0.4 is 9.64 Å². The molecule has 0 radical (unpaired) electrons. The third-order valence-electron chi connectivity index (χ3n) is 5.23. The number of anilines is 1. The van der Waals surface area contributed by atoms with Crippen LogP contribution in [0.5, 0.6) is 5.75 Å². The van der Waals surface area contributed by atoms with E-state index in [0.29, 0.717) is 0 Å². The van der Waals surface area contributed by atoms with E-state index in [-0.39, 0.29) is 5.41 Å². The van der Waals surface area contributed by atoms with Crippen LogP contribution in [0.2, 0.25) is 0 Å². The van der Waals surface area contributed by atoms with Crippen molar-refractivity contribution in [3.8, 4) is 5.75 Å². The lowest BCUT2D eigenvalue weighted by molar-refractivity contribution is -0.115. The van der Waals surface area contributed by atoms with Gasteiger partial charge in [-0.1, -0.05) is 62.2 Å². The van der Waals surface area contributed by atoms with Gasteiger partial charge in [0, 0.05) is 23.8 Å². The Morgan fingerprint density at radius 3 is 2.14 bits per heavy atom. The molecule has 0 bridgehead atoms. The Morgan fingerprint density at radius 2 is 1.69 bits per heavy atom. The molecule has 0 unspecified atom stereocenters. The molecular weight excluding hydrogens is 426 g/mol. The van der Waals surface area contributed by atoms with Gasteiger partial charge >= 0.3 is 0 Å². The summed E-state index contributed by atoms with van der Waals surface area (Å²) in [6.07, 6.45) is 4.15. The Morgan fingerprint density at radius 1 is 1.10 bits per heavy atom. The van der Waals surface area contributed by atoms with Crippen LogP contribution in [-0.4, -0.2) is 20.4 Å². The first kappa shape index (κ1) is 25.2. The van der Waals surface area contributed by atoms with Gasteiger partial charge in [-0.25, -0.2) is 0 Å². The molecule has 1 aliphatic carbocycles. The van der Waals surface area contributed by atoms with Crippen molar-refractivity contribution in [3.63, 3.8) is 0 Å². The van der Waals surface area contributed by atoms with Gasteiger partial charge < -0.3 is 14.4 Å². The highest BCUT2D eigenvalue weighted by molar-refractivity contribution is 9.10. The number of hydrogen-bond acceptors (Lipinski definition) is 3. The smallest absolute Gasteiger partial charge is 0.130 e. The number of aryl methyl sites for hydroxylation is 1. The molecule has 2 aromatic carbocycles. The number of halogens is 1. The lowest BCUT2D eigenvalue weighted by Crippen LogP contribution is -2.37. The molecule has 2 aromatic rings. The molecule has 29 heavy (non-hydrogen) atoms. The highest BCUT2D eigenvalue weighted by Gasteiger charge is 2.41. The van der Waals surface area contributed by atoms with Gasteiger partial charge in [0.05, 0.1) is 12.5 Å². The van der Waals surface area contributed by atoms with E-state index in [9.17, 15) is 4.79 Å². The molecule has 0 aliphatic heterocycles. The highest BCUT2D eigenvalue weighted by Crippen LogP contribution is 2.47. The summed E-state index contributed by atoms with van der Waals surface area (Å²) in [5, 5.41) is 0. The number of hydrogen-bond donors (Lipinski definition) is 0. The van der Waals surface area contributed by atoms with E-state index in [1.54, 1.807) is 7.11 Å². The number of benzene rings is 2. The quantitative estimate of drug-likeness (QED) is 0.430. The first-order valence-corrected chi connectivity index (χ1v) is 11.4. The summed E-state index contributed by atoms with van der Waals surface area (Å²) >= 11 is 3.61. The molecule has 0 N–H and O–H groups in total. The van der Waals surface area contributed by atoms with Crippen LogP contribution in [0.3, 0.4) is 0 Å². The number of aldehydes is 1. The molecule has 3 nitrogen and oxygen atoms in total. The summed E-state index contributed by atoms with van der Waals surface area (Å²) in [5.74, 6) is 0.862. The Hall–Kier alpha value is -1.81. The molecule has 160 valence electrons. The molecule has 0 saturated heterocycles. The van der Waals surface area contributed by atoms with Gasteiger partial charge in [-0.2, -0.15) is 0 Å². The minimum atomic E-state index is -0.321. The van der Waals surface area contributed by atoms with E-state index in [1.807, 2.05) is 39.8 Å². The van der Waals surface area contributed by atoms with Gasteiger partial charge in [0.25, 0.3) is 0 Å². The van der Waals surface area contributed by atoms with E-state index >= 15 is 0 Å². The van der Waals surface area contributed by atoms with Crippen molar-refractivity contribution in [2.24, 2.45) is 0 Å². The number of carbonyl (C=O) groups excluding carboxylic acids is 1. The van der Waals surface area contributed by atoms with Gasteiger partial charge in [-0.3, -0.25) is 0 Å². The Labute approximate surface area is 185 Å². The van der Waals surface area contributed by atoms with Crippen molar-refractivity contribution in [3.05, 3.63) is 57.6 Å². The summed E-state index contributed by atoms with van der Waals surface area (Å²) < 4.78 is 6.27. The fourth-order valence-corrected chi connectivity index (χ4v) is 4.29. The maximum Gasteiger partial charge on any atom is 0.130 e. The van der Waals surface area contributed by atoms with Crippen molar-refractivity contribution in [2.45, 2.75) is 65.8 Å². The molecule has 0 heterocycles. The van der Waals surface area contributed by atoms with Crippen molar-refractivity contribution in [1.82, 2.24) is 0 Å². The fraction of sp³-hybridized carbons (Fsp3) is 0.480. The minimum Gasteiger partial charge on any atom is -0.497 e. The average Bonchev–Trinajstić information content (AvgIpc) is 2.71. The van der Waals surface area contributed by atoms with Crippen LogP contribution in [0.15, 0.2) is 40.9 Å². The summed E-state index contributed by atoms with van der Waals surface area (Å²) in [6.45, 7) is 10.9. The van der Waals surface area contributed by atoms with Crippen molar-refractivity contribution in [1.29, 1.82) is 0 Å². The maximum absolute atomic E-state index is 11.9. The molecule has 0 atom stereocenters. The van der Waals surface area contributed by atoms with Gasteiger partial charge in [-0.15, -0.1) is 0 Å². The summed E-state index contributed by atoms with van der Waals surface area (Å²) in [7, 11) is 3.78. The monoisotopic (exact) mass is 461 g/mol. The molecule has 0 amide bonds. The minimum absolute atomic E-state index is 0.321. The van der Waals surface area contributed by atoms with Crippen LogP contribution in [0.1, 0.15) is 63.6 Å². The van der Waals surface area contributed by atoms with E-state index in [1.165, 1.54) is 16.8 Å². The zero-order valence-electron chi connectivity index (χ0n) is 19.0. The van der Waals surface area contributed by atoms with E-state index in [0.717, 1.165) is 47.9 Å². The van der Waals surface area contributed by atoms with Crippen LogP contribution in [0, 0.1) is 6.92 Å². The van der Waals surface area contributed by atoms with Gasteiger partial charge in [0.1, 0.15) is 12.0 Å². The van der Waals surface area contributed by atoms with E-state index in [2.05, 4.69) is 59.1 Å². The molecule has 4 heteroatoms. The zero-order chi connectivity index (χ0) is 22.0. The molecule has 0 aromatic heterocycles. The molecule has 1 saturated carbocycles. The summed E-state index contributed by atoms with van der Waals surface area (Å²) in [5.41, 5.74) is 4.40. The molecule has 1 fully saturated rings. The predicted molar refractivity (Wildman–Crippen MR) is 128 cm³/mol. The Kier molecular flexibility index (Phi) is 10.5. The fourth-order valence-electron chi connectivity index (χ4n) is 3.71. The molecule has 0 spiro atoms. The largest absolute Gasteiger partial charge is 0.497 e. The van der Waals surface area contributed by atoms with Crippen molar-refractivity contribution >= 4 is 27.9 Å². The van der Waals surface area contributed by atoms with Crippen molar-refractivity contribution < 1.29 is 9.53 Å².